The number of halogens is 1. The Labute approximate surface area is 109 Å². The average molecular weight is 295 g/mol. The van der Waals surface area contributed by atoms with Gasteiger partial charge in [0.25, 0.3) is 0 Å². The summed E-state index contributed by atoms with van der Waals surface area (Å²) in [6, 6.07) is 10.3. The first kappa shape index (κ1) is 12.4. The molecule has 0 bridgehead atoms. The van der Waals surface area contributed by atoms with Crippen LogP contribution in [-0.2, 0) is 6.42 Å². The predicted octanol–water partition coefficient (Wildman–Crippen LogP) is 3.54. The second-order valence-electron chi connectivity index (χ2n) is 3.94. The minimum Gasteiger partial charge on any atom is -0.496 e. The second-order valence-corrected chi connectivity index (χ2v) is 4.85. The summed E-state index contributed by atoms with van der Waals surface area (Å²) in [7, 11) is 1.68. The van der Waals surface area contributed by atoms with E-state index < -0.39 is 0 Å². The van der Waals surface area contributed by atoms with Crippen LogP contribution in [0.1, 0.15) is 12.0 Å². The molecular formula is C14H15BrO2. The van der Waals surface area contributed by atoms with E-state index in [-0.39, 0.29) is 6.61 Å². The summed E-state index contributed by atoms with van der Waals surface area (Å²) in [5.74, 6) is 0.897. The van der Waals surface area contributed by atoms with Gasteiger partial charge >= 0.3 is 0 Å². The lowest BCUT2D eigenvalue weighted by Gasteiger charge is -2.12. The molecule has 17 heavy (non-hydrogen) atoms. The van der Waals surface area contributed by atoms with E-state index in [1.165, 1.54) is 16.3 Å². The van der Waals surface area contributed by atoms with Gasteiger partial charge in [-0.25, -0.2) is 0 Å². The molecule has 2 rings (SSSR count). The first-order chi connectivity index (χ1) is 8.26. The zero-order chi connectivity index (χ0) is 12.3. The summed E-state index contributed by atoms with van der Waals surface area (Å²) in [5.41, 5.74) is 1.17. The maximum Gasteiger partial charge on any atom is 0.122 e. The molecule has 2 aromatic carbocycles. The van der Waals surface area contributed by atoms with Crippen LogP contribution < -0.4 is 4.74 Å². The Hall–Kier alpha value is -1.06. The fraction of sp³-hybridized carbons (Fsp3) is 0.286. The Kier molecular flexibility index (Phi) is 4.02. The molecule has 0 aliphatic carbocycles. The number of methoxy groups -OCH3 is 1. The van der Waals surface area contributed by atoms with E-state index in [0.717, 1.165) is 23.1 Å². The normalized spacial score (nSPS) is 10.8. The molecule has 0 aliphatic heterocycles. The van der Waals surface area contributed by atoms with Crippen molar-refractivity contribution in [1.82, 2.24) is 0 Å². The molecular weight excluding hydrogens is 280 g/mol. The van der Waals surface area contributed by atoms with Crippen LogP contribution in [-0.4, -0.2) is 18.8 Å². The lowest BCUT2D eigenvalue weighted by atomic mass is 10.00. The van der Waals surface area contributed by atoms with Crippen molar-refractivity contribution >= 4 is 26.7 Å². The molecule has 0 amide bonds. The summed E-state index contributed by atoms with van der Waals surface area (Å²) in [5, 5.41) is 11.3. The highest BCUT2D eigenvalue weighted by Crippen LogP contribution is 2.30. The smallest absolute Gasteiger partial charge is 0.122 e. The summed E-state index contributed by atoms with van der Waals surface area (Å²) in [6.07, 6.45) is 1.59. The van der Waals surface area contributed by atoms with Gasteiger partial charge in [-0.15, -0.1) is 0 Å². The van der Waals surface area contributed by atoms with Gasteiger partial charge in [-0.3, -0.25) is 0 Å². The van der Waals surface area contributed by atoms with E-state index in [0.29, 0.717) is 0 Å². The van der Waals surface area contributed by atoms with Crippen LogP contribution in [0.5, 0.6) is 5.75 Å². The quantitative estimate of drug-likeness (QED) is 0.935. The maximum atomic E-state index is 8.96. The molecule has 0 saturated heterocycles. The first-order valence-corrected chi connectivity index (χ1v) is 6.41. The SMILES string of the molecule is COc1ccc2cc(Br)ccc2c1CCCO. The molecule has 0 aliphatic rings. The number of aryl methyl sites for hydroxylation is 1. The molecule has 3 heteroatoms. The fourth-order valence-corrected chi connectivity index (χ4v) is 2.43. The number of aliphatic hydroxyl groups excluding tert-OH is 1. The average Bonchev–Trinajstić information content (AvgIpc) is 2.35. The van der Waals surface area contributed by atoms with Crippen molar-refractivity contribution in [2.75, 3.05) is 13.7 Å². The van der Waals surface area contributed by atoms with Gasteiger partial charge in [-0.1, -0.05) is 28.1 Å². The Balaban J connectivity index is 2.57. The number of hydrogen-bond acceptors (Lipinski definition) is 2. The van der Waals surface area contributed by atoms with E-state index in [1.807, 2.05) is 12.1 Å². The Morgan fingerprint density at radius 1 is 1.24 bits per heavy atom. The van der Waals surface area contributed by atoms with Gasteiger partial charge < -0.3 is 9.84 Å². The topological polar surface area (TPSA) is 29.5 Å². The lowest BCUT2D eigenvalue weighted by Crippen LogP contribution is -1.96. The third kappa shape index (κ3) is 2.61. The van der Waals surface area contributed by atoms with Gasteiger partial charge in [-0.05, 0) is 41.8 Å². The van der Waals surface area contributed by atoms with Crippen LogP contribution in [0.3, 0.4) is 0 Å². The number of rotatable bonds is 4. The van der Waals surface area contributed by atoms with Crippen molar-refractivity contribution in [2.24, 2.45) is 0 Å². The molecule has 90 valence electrons. The molecule has 0 atom stereocenters. The van der Waals surface area contributed by atoms with Crippen LogP contribution in [0.4, 0.5) is 0 Å². The van der Waals surface area contributed by atoms with E-state index in [4.69, 9.17) is 9.84 Å². The van der Waals surface area contributed by atoms with Crippen molar-refractivity contribution in [3.8, 4) is 5.75 Å². The summed E-state index contributed by atoms with van der Waals surface area (Å²) in [6.45, 7) is 0.204. The number of benzene rings is 2. The minimum atomic E-state index is 0.204. The number of fused-ring (bicyclic) bond motifs is 1. The van der Waals surface area contributed by atoms with E-state index in [2.05, 4.69) is 34.1 Å². The van der Waals surface area contributed by atoms with Gasteiger partial charge in [0.05, 0.1) is 7.11 Å². The number of aliphatic hydroxyl groups is 1. The Morgan fingerprint density at radius 3 is 2.76 bits per heavy atom. The van der Waals surface area contributed by atoms with Crippen molar-refractivity contribution in [2.45, 2.75) is 12.8 Å². The maximum absolute atomic E-state index is 8.96. The van der Waals surface area contributed by atoms with Crippen LogP contribution in [0, 0.1) is 0 Å². The van der Waals surface area contributed by atoms with Crippen LogP contribution in [0.2, 0.25) is 0 Å². The highest BCUT2D eigenvalue weighted by Gasteiger charge is 2.08. The van der Waals surface area contributed by atoms with Gasteiger partial charge in [0.2, 0.25) is 0 Å². The second kappa shape index (κ2) is 5.52. The predicted molar refractivity (Wildman–Crippen MR) is 73.6 cm³/mol. The number of ether oxygens (including phenoxy) is 1. The zero-order valence-corrected chi connectivity index (χ0v) is 11.3. The van der Waals surface area contributed by atoms with E-state index >= 15 is 0 Å². The molecule has 2 nitrogen and oxygen atoms in total. The molecule has 0 heterocycles. The van der Waals surface area contributed by atoms with Crippen LogP contribution in [0.25, 0.3) is 10.8 Å². The molecule has 0 radical (unpaired) electrons. The molecule has 0 aromatic heterocycles. The van der Waals surface area contributed by atoms with Crippen molar-refractivity contribution < 1.29 is 9.84 Å². The molecule has 0 saturated carbocycles. The van der Waals surface area contributed by atoms with Gasteiger partial charge in [0.15, 0.2) is 0 Å². The Bertz CT molecular complexity index is 523. The standard InChI is InChI=1S/C14H15BrO2/c1-17-14-7-4-10-9-11(15)5-6-12(10)13(14)3-2-8-16/h4-7,9,16H,2-3,8H2,1H3. The minimum absolute atomic E-state index is 0.204. The van der Waals surface area contributed by atoms with Crippen molar-refractivity contribution in [1.29, 1.82) is 0 Å². The summed E-state index contributed by atoms with van der Waals surface area (Å²) in [4.78, 5) is 0. The third-order valence-corrected chi connectivity index (χ3v) is 3.35. The highest BCUT2D eigenvalue weighted by atomic mass is 79.9. The summed E-state index contributed by atoms with van der Waals surface area (Å²) >= 11 is 3.47. The number of hydrogen-bond donors (Lipinski definition) is 1. The molecule has 1 N–H and O–H groups in total. The third-order valence-electron chi connectivity index (χ3n) is 2.86. The molecule has 0 fully saturated rings. The zero-order valence-electron chi connectivity index (χ0n) is 9.74. The monoisotopic (exact) mass is 294 g/mol. The van der Waals surface area contributed by atoms with Crippen molar-refractivity contribution in [3.05, 3.63) is 40.4 Å². The van der Waals surface area contributed by atoms with Crippen LogP contribution >= 0.6 is 15.9 Å². The van der Waals surface area contributed by atoms with Crippen LogP contribution in [0.15, 0.2) is 34.8 Å². The Morgan fingerprint density at radius 2 is 2.06 bits per heavy atom. The summed E-state index contributed by atoms with van der Waals surface area (Å²) < 4.78 is 6.46. The largest absolute Gasteiger partial charge is 0.496 e. The fourth-order valence-electron chi connectivity index (χ4n) is 2.05. The van der Waals surface area contributed by atoms with Gasteiger partial charge in [-0.2, -0.15) is 0 Å². The van der Waals surface area contributed by atoms with E-state index in [9.17, 15) is 0 Å². The molecule has 0 spiro atoms. The van der Waals surface area contributed by atoms with E-state index in [1.54, 1.807) is 7.11 Å². The molecule has 0 unspecified atom stereocenters. The highest BCUT2D eigenvalue weighted by molar-refractivity contribution is 9.10. The lowest BCUT2D eigenvalue weighted by molar-refractivity contribution is 0.288. The van der Waals surface area contributed by atoms with Gasteiger partial charge in [0, 0.05) is 16.6 Å². The molecule has 2 aromatic rings. The van der Waals surface area contributed by atoms with Crippen molar-refractivity contribution in [3.63, 3.8) is 0 Å². The van der Waals surface area contributed by atoms with Gasteiger partial charge in [0.1, 0.15) is 5.75 Å². The first-order valence-electron chi connectivity index (χ1n) is 5.62.